The molecule has 0 spiro atoms. The molecular formula is C15H21ClN2O. The molecule has 1 rings (SSSR count). The van der Waals surface area contributed by atoms with Crippen LogP contribution in [0.15, 0.2) is 36.0 Å². The van der Waals surface area contributed by atoms with Gasteiger partial charge in [-0.25, -0.2) is 4.79 Å². The van der Waals surface area contributed by atoms with Crippen molar-refractivity contribution in [1.29, 1.82) is 0 Å². The van der Waals surface area contributed by atoms with Crippen molar-refractivity contribution in [2.24, 2.45) is 5.41 Å². The SMILES string of the molecule is C/C(=C\NC(=O)NCc1ccc(Cl)cc1)C(C)(C)C. The van der Waals surface area contributed by atoms with E-state index in [0.29, 0.717) is 11.6 Å². The molecule has 2 amide bonds. The Bertz CT molecular complexity index is 458. The van der Waals surface area contributed by atoms with Gasteiger partial charge in [0.05, 0.1) is 0 Å². The van der Waals surface area contributed by atoms with Crippen molar-refractivity contribution >= 4 is 17.6 Å². The van der Waals surface area contributed by atoms with Crippen molar-refractivity contribution in [3.05, 3.63) is 46.6 Å². The van der Waals surface area contributed by atoms with E-state index in [1.165, 1.54) is 0 Å². The van der Waals surface area contributed by atoms with E-state index < -0.39 is 0 Å². The molecule has 0 aromatic heterocycles. The van der Waals surface area contributed by atoms with E-state index in [9.17, 15) is 4.79 Å². The molecule has 0 radical (unpaired) electrons. The Hall–Kier alpha value is -1.48. The van der Waals surface area contributed by atoms with Gasteiger partial charge in [-0.2, -0.15) is 0 Å². The Morgan fingerprint density at radius 3 is 2.37 bits per heavy atom. The van der Waals surface area contributed by atoms with E-state index in [0.717, 1.165) is 11.1 Å². The van der Waals surface area contributed by atoms with Crippen molar-refractivity contribution in [2.75, 3.05) is 0 Å². The van der Waals surface area contributed by atoms with Gasteiger partial charge in [0.2, 0.25) is 0 Å². The minimum atomic E-state index is -0.210. The van der Waals surface area contributed by atoms with Crippen LogP contribution in [0.5, 0.6) is 0 Å². The lowest BCUT2D eigenvalue weighted by atomic mass is 9.88. The number of hydrogen-bond acceptors (Lipinski definition) is 1. The van der Waals surface area contributed by atoms with Gasteiger partial charge in [0, 0.05) is 17.8 Å². The van der Waals surface area contributed by atoms with Crippen LogP contribution in [0.3, 0.4) is 0 Å². The van der Waals surface area contributed by atoms with Crippen molar-refractivity contribution < 1.29 is 4.79 Å². The van der Waals surface area contributed by atoms with Crippen LogP contribution in [-0.2, 0) is 6.54 Å². The van der Waals surface area contributed by atoms with Gasteiger partial charge >= 0.3 is 6.03 Å². The van der Waals surface area contributed by atoms with Crippen LogP contribution in [0.2, 0.25) is 5.02 Å². The highest BCUT2D eigenvalue weighted by Gasteiger charge is 2.12. The third-order valence-corrected chi connectivity index (χ3v) is 3.22. The maximum Gasteiger partial charge on any atom is 0.319 e. The predicted molar refractivity (Wildman–Crippen MR) is 80.0 cm³/mol. The van der Waals surface area contributed by atoms with E-state index in [1.54, 1.807) is 18.3 Å². The van der Waals surface area contributed by atoms with Gasteiger partial charge in [-0.3, -0.25) is 0 Å². The average molecular weight is 281 g/mol. The van der Waals surface area contributed by atoms with Crippen LogP contribution >= 0.6 is 11.6 Å². The number of hydrogen-bond donors (Lipinski definition) is 2. The fourth-order valence-electron chi connectivity index (χ4n) is 1.23. The monoisotopic (exact) mass is 280 g/mol. The van der Waals surface area contributed by atoms with E-state index in [-0.39, 0.29) is 11.4 Å². The third-order valence-electron chi connectivity index (χ3n) is 2.97. The Morgan fingerprint density at radius 2 is 1.84 bits per heavy atom. The average Bonchev–Trinajstić information content (AvgIpc) is 2.34. The van der Waals surface area contributed by atoms with Crippen molar-refractivity contribution in [3.63, 3.8) is 0 Å². The molecule has 3 nitrogen and oxygen atoms in total. The summed E-state index contributed by atoms with van der Waals surface area (Å²) >= 11 is 5.79. The van der Waals surface area contributed by atoms with Gasteiger partial charge in [0.1, 0.15) is 0 Å². The zero-order valence-corrected chi connectivity index (χ0v) is 12.6. The molecule has 0 fully saturated rings. The molecule has 19 heavy (non-hydrogen) atoms. The first-order valence-corrected chi connectivity index (χ1v) is 6.63. The Labute approximate surface area is 120 Å². The van der Waals surface area contributed by atoms with E-state index in [4.69, 9.17) is 11.6 Å². The zero-order chi connectivity index (χ0) is 14.5. The normalized spacial score (nSPS) is 12.2. The van der Waals surface area contributed by atoms with E-state index in [2.05, 4.69) is 31.4 Å². The molecule has 0 atom stereocenters. The lowest BCUT2D eigenvalue weighted by molar-refractivity contribution is 0.243. The molecule has 0 heterocycles. The molecule has 0 saturated heterocycles. The summed E-state index contributed by atoms with van der Waals surface area (Å²) in [4.78, 5) is 11.6. The van der Waals surface area contributed by atoms with Crippen LogP contribution in [0, 0.1) is 5.41 Å². The number of carbonyl (C=O) groups excluding carboxylic acids is 1. The molecule has 0 aliphatic rings. The third kappa shape index (κ3) is 5.79. The first-order chi connectivity index (χ1) is 8.79. The lowest BCUT2D eigenvalue weighted by Gasteiger charge is -2.19. The molecule has 0 unspecified atom stereocenters. The summed E-state index contributed by atoms with van der Waals surface area (Å²) in [5.41, 5.74) is 2.19. The highest BCUT2D eigenvalue weighted by molar-refractivity contribution is 6.30. The summed E-state index contributed by atoms with van der Waals surface area (Å²) < 4.78 is 0. The summed E-state index contributed by atoms with van der Waals surface area (Å²) in [5, 5.41) is 6.21. The van der Waals surface area contributed by atoms with Crippen LogP contribution < -0.4 is 10.6 Å². The Balaban J connectivity index is 2.42. The molecule has 1 aromatic rings. The maximum atomic E-state index is 11.6. The summed E-state index contributed by atoms with van der Waals surface area (Å²) in [6.07, 6.45) is 1.75. The molecular weight excluding hydrogens is 260 g/mol. The minimum Gasteiger partial charge on any atom is -0.334 e. The van der Waals surface area contributed by atoms with Crippen molar-refractivity contribution in [3.8, 4) is 0 Å². The molecule has 0 aliphatic heterocycles. The highest BCUT2D eigenvalue weighted by atomic mass is 35.5. The number of benzene rings is 1. The number of urea groups is 1. The number of rotatable bonds is 3. The number of allylic oxidation sites excluding steroid dienone is 1. The molecule has 0 aliphatic carbocycles. The highest BCUT2D eigenvalue weighted by Crippen LogP contribution is 2.23. The largest absolute Gasteiger partial charge is 0.334 e. The van der Waals surface area contributed by atoms with Gasteiger partial charge in [-0.1, -0.05) is 50.1 Å². The van der Waals surface area contributed by atoms with Crippen LogP contribution in [-0.4, -0.2) is 6.03 Å². The first-order valence-electron chi connectivity index (χ1n) is 6.25. The van der Waals surface area contributed by atoms with E-state index in [1.807, 2.05) is 19.1 Å². The smallest absolute Gasteiger partial charge is 0.319 e. The quantitative estimate of drug-likeness (QED) is 0.860. The van der Waals surface area contributed by atoms with Gasteiger partial charge in [-0.15, -0.1) is 0 Å². The van der Waals surface area contributed by atoms with E-state index >= 15 is 0 Å². The number of nitrogens with one attached hydrogen (secondary N) is 2. The van der Waals surface area contributed by atoms with Gasteiger partial charge in [-0.05, 0) is 30.0 Å². The molecule has 2 N–H and O–H groups in total. The molecule has 104 valence electrons. The number of amides is 2. The Kier molecular flexibility index (Phi) is 5.43. The summed E-state index contributed by atoms with van der Waals surface area (Å²) in [6.45, 7) is 8.79. The molecule has 0 saturated carbocycles. The number of carbonyl (C=O) groups is 1. The van der Waals surface area contributed by atoms with Gasteiger partial charge in [0.25, 0.3) is 0 Å². The number of halogens is 1. The predicted octanol–water partition coefficient (Wildman–Crippen LogP) is 4.09. The fraction of sp³-hybridized carbons (Fsp3) is 0.400. The van der Waals surface area contributed by atoms with Crippen LogP contribution in [0.4, 0.5) is 4.79 Å². The summed E-state index contributed by atoms with van der Waals surface area (Å²) in [5.74, 6) is 0. The second kappa shape index (κ2) is 6.62. The van der Waals surface area contributed by atoms with Gasteiger partial charge in [0.15, 0.2) is 0 Å². The minimum absolute atomic E-state index is 0.0590. The summed E-state index contributed by atoms with van der Waals surface area (Å²) in [7, 11) is 0. The van der Waals surface area contributed by atoms with Crippen molar-refractivity contribution in [2.45, 2.75) is 34.2 Å². The fourth-order valence-corrected chi connectivity index (χ4v) is 1.35. The topological polar surface area (TPSA) is 41.1 Å². The Morgan fingerprint density at radius 1 is 1.26 bits per heavy atom. The van der Waals surface area contributed by atoms with Gasteiger partial charge < -0.3 is 10.6 Å². The molecule has 0 bridgehead atoms. The maximum absolute atomic E-state index is 11.6. The molecule has 4 heteroatoms. The molecule has 1 aromatic carbocycles. The van der Waals surface area contributed by atoms with Crippen LogP contribution in [0.25, 0.3) is 0 Å². The second-order valence-corrected chi connectivity index (χ2v) is 5.97. The lowest BCUT2D eigenvalue weighted by Crippen LogP contribution is -2.32. The van der Waals surface area contributed by atoms with Crippen LogP contribution in [0.1, 0.15) is 33.3 Å². The zero-order valence-electron chi connectivity index (χ0n) is 11.9. The first kappa shape index (κ1) is 15.6. The second-order valence-electron chi connectivity index (χ2n) is 5.53. The standard InChI is InChI=1S/C15H21ClN2O/c1-11(15(2,3)4)9-17-14(19)18-10-12-5-7-13(16)8-6-12/h5-9H,10H2,1-4H3,(H2,17,18,19)/b11-9+. The van der Waals surface area contributed by atoms with Crippen molar-refractivity contribution in [1.82, 2.24) is 10.6 Å². The summed E-state index contributed by atoms with van der Waals surface area (Å²) in [6, 6.07) is 7.18.